The molecule has 0 radical (unpaired) electrons. The van der Waals surface area contributed by atoms with Crippen LogP contribution in [0.3, 0.4) is 0 Å². The highest BCUT2D eigenvalue weighted by Crippen LogP contribution is 2.25. The first-order valence-corrected chi connectivity index (χ1v) is 12.3. The number of carbonyl (C=O) groups excluding carboxylic acids is 2. The van der Waals surface area contributed by atoms with Crippen molar-refractivity contribution in [2.24, 2.45) is 5.92 Å². The number of benzene rings is 1. The predicted molar refractivity (Wildman–Crippen MR) is 108 cm³/mol. The van der Waals surface area contributed by atoms with Crippen LogP contribution in [0.25, 0.3) is 0 Å². The van der Waals surface area contributed by atoms with Crippen molar-refractivity contribution >= 4 is 39.0 Å². The lowest BCUT2D eigenvalue weighted by Gasteiger charge is -2.15. The summed E-state index contributed by atoms with van der Waals surface area (Å²) in [6, 6.07) is 7.04. The van der Waals surface area contributed by atoms with Crippen molar-refractivity contribution in [1.29, 1.82) is 0 Å². The summed E-state index contributed by atoms with van der Waals surface area (Å²) in [5.74, 6) is 0.990. The molecule has 1 aromatic carbocycles. The SMILES string of the molecule is O=C(CSc1nnc(C[C@@H]2CCS(=O)(=O)C2)o1)c1ccc(N2CCCC2=O)cc1. The normalized spacial score (nSPS) is 21.0. The van der Waals surface area contributed by atoms with Gasteiger partial charge in [-0.1, -0.05) is 11.8 Å². The van der Waals surface area contributed by atoms with Gasteiger partial charge in [-0.2, -0.15) is 0 Å². The summed E-state index contributed by atoms with van der Waals surface area (Å²) in [5.41, 5.74) is 1.37. The summed E-state index contributed by atoms with van der Waals surface area (Å²) >= 11 is 1.16. The molecule has 0 aliphatic carbocycles. The van der Waals surface area contributed by atoms with Crippen LogP contribution < -0.4 is 4.90 Å². The number of hydrogen-bond donors (Lipinski definition) is 0. The fourth-order valence-corrected chi connectivity index (χ4v) is 6.15. The molecule has 0 spiro atoms. The molecule has 29 heavy (non-hydrogen) atoms. The molecule has 0 N–H and O–H groups in total. The van der Waals surface area contributed by atoms with Crippen LogP contribution in [0.15, 0.2) is 33.9 Å². The van der Waals surface area contributed by atoms with Gasteiger partial charge in [0.15, 0.2) is 15.6 Å². The van der Waals surface area contributed by atoms with Crippen molar-refractivity contribution < 1.29 is 22.4 Å². The van der Waals surface area contributed by atoms with Crippen LogP contribution in [-0.4, -0.2) is 54.1 Å². The molecule has 0 bridgehead atoms. The lowest BCUT2D eigenvalue weighted by atomic mass is 10.1. The molecule has 1 amide bonds. The first kappa shape index (κ1) is 20.1. The molecular weight excluding hydrogens is 414 g/mol. The van der Waals surface area contributed by atoms with E-state index in [1.165, 1.54) is 0 Å². The lowest BCUT2D eigenvalue weighted by Crippen LogP contribution is -2.23. The van der Waals surface area contributed by atoms with E-state index in [2.05, 4.69) is 10.2 Å². The molecular formula is C19H21N3O5S2. The Balaban J connectivity index is 1.29. The average molecular weight is 436 g/mol. The van der Waals surface area contributed by atoms with Gasteiger partial charge in [-0.05, 0) is 43.0 Å². The molecule has 1 atom stereocenters. The largest absolute Gasteiger partial charge is 0.416 e. The Labute approximate surface area is 173 Å². The zero-order valence-electron chi connectivity index (χ0n) is 15.7. The van der Waals surface area contributed by atoms with Gasteiger partial charge in [-0.15, -0.1) is 10.2 Å². The molecule has 10 heteroatoms. The van der Waals surface area contributed by atoms with E-state index in [1.54, 1.807) is 29.2 Å². The number of ketones is 1. The van der Waals surface area contributed by atoms with Gasteiger partial charge in [-0.25, -0.2) is 8.42 Å². The Morgan fingerprint density at radius 2 is 2.03 bits per heavy atom. The number of sulfone groups is 1. The molecule has 0 saturated carbocycles. The van der Waals surface area contributed by atoms with Gasteiger partial charge >= 0.3 is 0 Å². The summed E-state index contributed by atoms with van der Waals surface area (Å²) in [6.07, 6.45) is 2.49. The van der Waals surface area contributed by atoms with E-state index in [0.717, 1.165) is 23.9 Å². The number of hydrogen-bond acceptors (Lipinski definition) is 8. The number of nitrogens with zero attached hydrogens (tertiary/aromatic N) is 3. The van der Waals surface area contributed by atoms with Crippen LogP contribution in [0.1, 0.15) is 35.5 Å². The van der Waals surface area contributed by atoms with Crippen molar-refractivity contribution in [3.8, 4) is 0 Å². The standard InChI is InChI=1S/C19H21N3O5S2/c23-16(14-3-5-15(6-4-14)22-8-1-2-18(22)24)11-28-19-21-20-17(27-19)10-13-7-9-29(25,26)12-13/h3-6,13H,1-2,7-12H2/t13-/m0/s1. The van der Waals surface area contributed by atoms with E-state index in [-0.39, 0.29) is 34.9 Å². The number of anilines is 1. The molecule has 3 heterocycles. The highest BCUT2D eigenvalue weighted by atomic mass is 32.2. The third kappa shape index (κ3) is 4.87. The summed E-state index contributed by atoms with van der Waals surface area (Å²) in [7, 11) is -2.93. The first-order valence-electron chi connectivity index (χ1n) is 9.49. The molecule has 1 aromatic heterocycles. The number of Topliss-reactive ketones (excluding diaryl/α,β-unsaturated/α-hetero) is 1. The van der Waals surface area contributed by atoms with Crippen molar-refractivity contribution in [3.05, 3.63) is 35.7 Å². The maximum absolute atomic E-state index is 12.4. The molecule has 154 valence electrons. The molecule has 0 unspecified atom stereocenters. The van der Waals surface area contributed by atoms with Crippen molar-refractivity contribution in [3.63, 3.8) is 0 Å². The van der Waals surface area contributed by atoms with Crippen LogP contribution in [0, 0.1) is 5.92 Å². The molecule has 2 aliphatic heterocycles. The van der Waals surface area contributed by atoms with E-state index in [0.29, 0.717) is 42.5 Å². The third-order valence-electron chi connectivity index (χ3n) is 5.14. The minimum absolute atomic E-state index is 0.0148. The van der Waals surface area contributed by atoms with E-state index in [4.69, 9.17) is 4.42 Å². The van der Waals surface area contributed by atoms with Gasteiger partial charge in [0.2, 0.25) is 11.8 Å². The summed E-state index contributed by atoms with van der Waals surface area (Å²) < 4.78 is 28.6. The molecule has 4 rings (SSSR count). The molecule has 8 nitrogen and oxygen atoms in total. The Kier molecular flexibility index (Phi) is 5.73. The summed E-state index contributed by atoms with van der Waals surface area (Å²) in [5, 5.41) is 8.19. The average Bonchev–Trinajstić information content (AvgIpc) is 3.41. The highest BCUT2D eigenvalue weighted by Gasteiger charge is 2.29. The van der Waals surface area contributed by atoms with E-state index in [9.17, 15) is 18.0 Å². The maximum atomic E-state index is 12.4. The molecule has 2 aromatic rings. The summed E-state index contributed by atoms with van der Waals surface area (Å²) in [6.45, 7) is 0.717. The van der Waals surface area contributed by atoms with Gasteiger partial charge in [0, 0.05) is 30.6 Å². The van der Waals surface area contributed by atoms with Crippen molar-refractivity contribution in [1.82, 2.24) is 10.2 Å². The monoisotopic (exact) mass is 435 g/mol. The fraction of sp³-hybridized carbons (Fsp3) is 0.474. The lowest BCUT2D eigenvalue weighted by molar-refractivity contribution is -0.117. The van der Waals surface area contributed by atoms with E-state index in [1.807, 2.05) is 0 Å². The van der Waals surface area contributed by atoms with Gasteiger partial charge in [0.25, 0.3) is 5.22 Å². The first-order chi connectivity index (χ1) is 13.9. The second kappa shape index (κ2) is 8.27. The second-order valence-electron chi connectivity index (χ2n) is 7.34. The molecule has 2 aliphatic rings. The minimum Gasteiger partial charge on any atom is -0.416 e. The fourth-order valence-electron chi connectivity index (χ4n) is 3.62. The number of carbonyl (C=O) groups is 2. The van der Waals surface area contributed by atoms with Crippen LogP contribution in [0.4, 0.5) is 5.69 Å². The van der Waals surface area contributed by atoms with Gasteiger partial charge in [0.05, 0.1) is 17.3 Å². The zero-order chi connectivity index (χ0) is 20.4. The smallest absolute Gasteiger partial charge is 0.277 e. The van der Waals surface area contributed by atoms with Crippen molar-refractivity contribution in [2.75, 3.05) is 28.7 Å². The van der Waals surface area contributed by atoms with Crippen molar-refractivity contribution in [2.45, 2.75) is 30.9 Å². The number of aromatic nitrogens is 2. The van der Waals surface area contributed by atoms with Crippen LogP contribution in [0.2, 0.25) is 0 Å². The summed E-state index contributed by atoms with van der Waals surface area (Å²) in [4.78, 5) is 25.9. The quantitative estimate of drug-likeness (QED) is 0.481. The molecule has 2 saturated heterocycles. The third-order valence-corrected chi connectivity index (χ3v) is 7.79. The van der Waals surface area contributed by atoms with Crippen LogP contribution in [-0.2, 0) is 21.1 Å². The van der Waals surface area contributed by atoms with E-state index >= 15 is 0 Å². The van der Waals surface area contributed by atoms with Gasteiger partial charge in [-0.3, -0.25) is 9.59 Å². The van der Waals surface area contributed by atoms with Gasteiger partial charge in [0.1, 0.15) is 0 Å². The van der Waals surface area contributed by atoms with Gasteiger partial charge < -0.3 is 9.32 Å². The zero-order valence-corrected chi connectivity index (χ0v) is 17.4. The highest BCUT2D eigenvalue weighted by molar-refractivity contribution is 7.99. The topological polar surface area (TPSA) is 110 Å². The Morgan fingerprint density at radius 3 is 2.69 bits per heavy atom. The Bertz CT molecular complexity index is 1020. The second-order valence-corrected chi connectivity index (χ2v) is 10.5. The Hall–Kier alpha value is -2.20. The predicted octanol–water partition coefficient (Wildman–Crippen LogP) is 2.15. The Morgan fingerprint density at radius 1 is 1.24 bits per heavy atom. The number of thioether (sulfide) groups is 1. The van der Waals surface area contributed by atoms with Crippen LogP contribution >= 0.6 is 11.8 Å². The van der Waals surface area contributed by atoms with E-state index < -0.39 is 9.84 Å². The minimum atomic E-state index is -2.93. The van der Waals surface area contributed by atoms with Crippen LogP contribution in [0.5, 0.6) is 0 Å². The number of amides is 1. The number of rotatable bonds is 7. The maximum Gasteiger partial charge on any atom is 0.277 e. The molecule has 2 fully saturated rings.